The lowest BCUT2D eigenvalue weighted by molar-refractivity contribution is -0.143. The van der Waals surface area contributed by atoms with Crippen LogP contribution >= 0.6 is 15.9 Å². The molecule has 0 heterocycles. The summed E-state index contributed by atoms with van der Waals surface area (Å²) in [6, 6.07) is 13.2. The molecule has 0 saturated heterocycles. The Morgan fingerprint density at radius 3 is 2.44 bits per heavy atom. The van der Waals surface area contributed by atoms with Crippen molar-refractivity contribution in [1.82, 2.24) is 10.2 Å². The number of nitrogens with zero attached hydrogens (tertiary/aromatic N) is 1. The Morgan fingerprint density at radius 1 is 1.12 bits per heavy atom. The summed E-state index contributed by atoms with van der Waals surface area (Å²) in [7, 11) is 0. The molecule has 0 aliphatic carbocycles. The van der Waals surface area contributed by atoms with Gasteiger partial charge in [0.2, 0.25) is 5.91 Å². The second kappa shape index (κ2) is 12.6. The molecule has 2 rings (SSSR count). The molecule has 0 radical (unpaired) electrons. The van der Waals surface area contributed by atoms with Crippen molar-refractivity contribution in [3.63, 3.8) is 0 Å². The van der Waals surface area contributed by atoms with Crippen LogP contribution < -0.4 is 10.1 Å². The maximum absolute atomic E-state index is 13.3. The molecule has 0 saturated carbocycles. The first kappa shape index (κ1) is 25.9. The van der Waals surface area contributed by atoms with Crippen LogP contribution in [0.5, 0.6) is 5.75 Å². The zero-order chi connectivity index (χ0) is 23.7. The van der Waals surface area contributed by atoms with Gasteiger partial charge in [-0.3, -0.25) is 9.59 Å². The van der Waals surface area contributed by atoms with Gasteiger partial charge in [0.1, 0.15) is 11.8 Å². The van der Waals surface area contributed by atoms with E-state index in [1.807, 2.05) is 70.2 Å². The molecule has 32 heavy (non-hydrogen) atoms. The molecule has 0 aliphatic heterocycles. The molecule has 1 unspecified atom stereocenters. The Balaban J connectivity index is 2.22. The highest BCUT2D eigenvalue weighted by molar-refractivity contribution is 9.10. The fourth-order valence-electron chi connectivity index (χ4n) is 3.42. The van der Waals surface area contributed by atoms with Crippen molar-refractivity contribution in [3.05, 3.63) is 63.6 Å². The number of hydrogen-bond donors (Lipinski definition) is 1. The van der Waals surface area contributed by atoms with Gasteiger partial charge < -0.3 is 15.0 Å². The van der Waals surface area contributed by atoms with Crippen molar-refractivity contribution in [3.8, 4) is 5.75 Å². The van der Waals surface area contributed by atoms with Gasteiger partial charge in [-0.15, -0.1) is 0 Å². The first-order chi connectivity index (χ1) is 15.3. The minimum absolute atomic E-state index is 0.128. The summed E-state index contributed by atoms with van der Waals surface area (Å²) in [6.45, 7) is 10.9. The summed E-state index contributed by atoms with van der Waals surface area (Å²) >= 11 is 3.52. The van der Waals surface area contributed by atoms with Crippen LogP contribution in [0.1, 0.15) is 50.8 Å². The lowest BCUT2D eigenvalue weighted by Crippen LogP contribution is -2.50. The summed E-state index contributed by atoms with van der Waals surface area (Å²) in [5.74, 6) is 0.607. The molecule has 1 atom stereocenters. The van der Waals surface area contributed by atoms with Crippen LogP contribution in [0.3, 0.4) is 0 Å². The number of benzene rings is 2. The van der Waals surface area contributed by atoms with Crippen molar-refractivity contribution >= 4 is 27.7 Å². The van der Waals surface area contributed by atoms with E-state index in [0.29, 0.717) is 31.2 Å². The maximum atomic E-state index is 13.3. The van der Waals surface area contributed by atoms with E-state index in [-0.39, 0.29) is 18.4 Å². The summed E-state index contributed by atoms with van der Waals surface area (Å²) in [4.78, 5) is 27.9. The molecule has 2 aromatic rings. The van der Waals surface area contributed by atoms with Crippen LogP contribution in [0, 0.1) is 12.8 Å². The number of ether oxygens (including phenoxy) is 1. The molecule has 0 aliphatic rings. The molecular formula is C26H35BrN2O3. The van der Waals surface area contributed by atoms with Gasteiger partial charge in [-0.1, -0.05) is 58.0 Å². The zero-order valence-corrected chi connectivity index (χ0v) is 21.4. The second-order valence-corrected chi connectivity index (χ2v) is 9.27. The number of rotatable bonds is 11. The predicted octanol–water partition coefficient (Wildman–Crippen LogP) is 5.28. The van der Waals surface area contributed by atoms with E-state index in [1.165, 1.54) is 5.56 Å². The minimum Gasteiger partial charge on any atom is -0.483 e. The molecule has 6 heteroatoms. The smallest absolute Gasteiger partial charge is 0.261 e. The predicted molar refractivity (Wildman–Crippen MR) is 133 cm³/mol. The molecule has 2 amide bonds. The minimum atomic E-state index is -0.560. The molecule has 5 nitrogen and oxygen atoms in total. The van der Waals surface area contributed by atoms with Crippen LogP contribution in [0.15, 0.2) is 46.9 Å². The third kappa shape index (κ3) is 7.37. The first-order valence-corrected chi connectivity index (χ1v) is 12.1. The Hall–Kier alpha value is -2.34. The van der Waals surface area contributed by atoms with Crippen LogP contribution in [0.2, 0.25) is 0 Å². The average molecular weight is 503 g/mol. The number of aryl methyl sites for hydroxylation is 2. The monoisotopic (exact) mass is 502 g/mol. The van der Waals surface area contributed by atoms with Crippen LogP contribution in [0.25, 0.3) is 0 Å². The topological polar surface area (TPSA) is 58.6 Å². The summed E-state index contributed by atoms with van der Waals surface area (Å²) < 4.78 is 6.67. The van der Waals surface area contributed by atoms with Gasteiger partial charge in [-0.2, -0.15) is 0 Å². The quantitative estimate of drug-likeness (QED) is 0.454. The molecule has 174 valence electrons. The molecule has 0 spiro atoms. The normalized spacial score (nSPS) is 11.8. The van der Waals surface area contributed by atoms with Crippen LogP contribution in [0.4, 0.5) is 0 Å². The summed E-state index contributed by atoms with van der Waals surface area (Å²) in [5.41, 5.74) is 3.29. The third-order valence-corrected chi connectivity index (χ3v) is 6.05. The summed E-state index contributed by atoms with van der Waals surface area (Å²) in [5, 5.41) is 2.98. The molecular weight excluding hydrogens is 468 g/mol. The average Bonchev–Trinajstić information content (AvgIpc) is 2.77. The van der Waals surface area contributed by atoms with Gasteiger partial charge in [-0.25, -0.2) is 0 Å². The van der Waals surface area contributed by atoms with Crippen molar-refractivity contribution in [2.75, 3.05) is 13.2 Å². The number of amides is 2. The van der Waals surface area contributed by atoms with Gasteiger partial charge in [0, 0.05) is 13.1 Å². The first-order valence-electron chi connectivity index (χ1n) is 11.3. The molecule has 2 aromatic carbocycles. The van der Waals surface area contributed by atoms with E-state index in [1.54, 1.807) is 4.90 Å². The van der Waals surface area contributed by atoms with Gasteiger partial charge in [0.15, 0.2) is 6.61 Å². The molecule has 0 aromatic heterocycles. The summed E-state index contributed by atoms with van der Waals surface area (Å²) in [6.07, 6.45) is 1.45. The lowest BCUT2D eigenvalue weighted by Gasteiger charge is -2.31. The van der Waals surface area contributed by atoms with Crippen LogP contribution in [-0.4, -0.2) is 35.9 Å². The fraction of sp³-hybridized carbons (Fsp3) is 0.462. The van der Waals surface area contributed by atoms with Crippen molar-refractivity contribution in [2.24, 2.45) is 5.92 Å². The van der Waals surface area contributed by atoms with E-state index in [2.05, 4.69) is 28.2 Å². The van der Waals surface area contributed by atoms with Crippen molar-refractivity contribution < 1.29 is 14.3 Å². The highest BCUT2D eigenvalue weighted by Gasteiger charge is 2.29. The van der Waals surface area contributed by atoms with Gasteiger partial charge >= 0.3 is 0 Å². The Kier molecular flexibility index (Phi) is 10.2. The van der Waals surface area contributed by atoms with E-state index >= 15 is 0 Å². The number of nitrogens with one attached hydrogen (secondary N) is 1. The molecule has 0 fully saturated rings. The molecule has 0 bridgehead atoms. The highest BCUT2D eigenvalue weighted by atomic mass is 79.9. The number of carbonyl (C=O) groups excluding carboxylic acids is 2. The number of halogens is 1. The van der Waals surface area contributed by atoms with Gasteiger partial charge in [0.25, 0.3) is 5.91 Å². The fourth-order valence-corrected chi connectivity index (χ4v) is 3.96. The third-order valence-electron chi connectivity index (χ3n) is 5.43. The zero-order valence-electron chi connectivity index (χ0n) is 19.8. The Morgan fingerprint density at radius 2 is 1.84 bits per heavy atom. The number of carbonyl (C=O) groups is 2. The maximum Gasteiger partial charge on any atom is 0.261 e. The largest absolute Gasteiger partial charge is 0.483 e. The standard InChI is InChI=1S/C26H35BrN2O3/c1-6-20-12-13-24(22(27)14-20)32-17-25(30)29(16-21-11-9-8-10-19(21)5)23(7-2)26(31)28-15-18(3)4/h8-14,18,23H,6-7,15-17H2,1-5H3,(H,28,31). The van der Waals surface area contributed by atoms with E-state index in [9.17, 15) is 9.59 Å². The Bertz CT molecular complexity index is 914. The van der Waals surface area contributed by atoms with Gasteiger partial charge in [0.05, 0.1) is 4.47 Å². The van der Waals surface area contributed by atoms with E-state index < -0.39 is 6.04 Å². The highest BCUT2D eigenvalue weighted by Crippen LogP contribution is 2.26. The van der Waals surface area contributed by atoms with Crippen LogP contribution in [-0.2, 0) is 22.6 Å². The SMILES string of the molecule is CCc1ccc(OCC(=O)N(Cc2ccccc2C)C(CC)C(=O)NCC(C)C)c(Br)c1. The number of hydrogen-bond acceptors (Lipinski definition) is 3. The Labute approximate surface area is 200 Å². The van der Waals surface area contributed by atoms with E-state index in [4.69, 9.17) is 4.74 Å². The van der Waals surface area contributed by atoms with E-state index in [0.717, 1.165) is 22.0 Å². The second-order valence-electron chi connectivity index (χ2n) is 8.42. The van der Waals surface area contributed by atoms with Gasteiger partial charge in [-0.05, 0) is 70.4 Å². The van der Waals surface area contributed by atoms with Crippen molar-refractivity contribution in [2.45, 2.75) is 60.0 Å². The molecule has 1 N–H and O–H groups in total. The lowest BCUT2D eigenvalue weighted by atomic mass is 10.1. The van der Waals surface area contributed by atoms with Crippen molar-refractivity contribution in [1.29, 1.82) is 0 Å².